The van der Waals surface area contributed by atoms with E-state index in [0.717, 1.165) is 35.7 Å². The first kappa shape index (κ1) is 19.8. The number of fused-ring (bicyclic) bond motifs is 2. The summed E-state index contributed by atoms with van der Waals surface area (Å²) in [4.78, 5) is 17.3. The number of rotatable bonds is 3. The number of H-pyrrole nitrogens is 1. The monoisotopic (exact) mass is 436 g/mol. The number of nitriles is 1. The van der Waals surface area contributed by atoms with Gasteiger partial charge in [-0.1, -0.05) is 0 Å². The summed E-state index contributed by atoms with van der Waals surface area (Å²) >= 11 is 0. The molecular formula is C22H15F3N6O. The average molecular weight is 436 g/mol. The van der Waals surface area contributed by atoms with Crippen LogP contribution in [-0.2, 0) is 12.6 Å². The van der Waals surface area contributed by atoms with Crippen molar-refractivity contribution in [3.05, 3.63) is 59.5 Å². The number of halogens is 3. The zero-order valence-corrected chi connectivity index (χ0v) is 16.7. The Labute approximate surface area is 180 Å². The Bertz CT molecular complexity index is 1390. The van der Waals surface area contributed by atoms with Crippen LogP contribution in [0.25, 0.3) is 22.3 Å². The van der Waals surface area contributed by atoms with Crippen LogP contribution in [0, 0.1) is 11.3 Å². The van der Waals surface area contributed by atoms with Gasteiger partial charge in [-0.15, -0.1) is 0 Å². The SMILES string of the molecule is CN(c1ccc2c(c1)CCO2)c1ncc(C#N)c(-c2c[nH]c3ncc(C(F)(F)F)cc23)n1. The molecule has 0 saturated carbocycles. The molecule has 1 aromatic carbocycles. The molecule has 0 atom stereocenters. The smallest absolute Gasteiger partial charge is 0.417 e. The molecule has 1 aliphatic heterocycles. The number of benzene rings is 1. The zero-order chi connectivity index (χ0) is 22.5. The fourth-order valence-electron chi connectivity index (χ4n) is 3.67. The van der Waals surface area contributed by atoms with Crippen LogP contribution in [0.3, 0.4) is 0 Å². The van der Waals surface area contributed by atoms with Crippen LogP contribution < -0.4 is 9.64 Å². The standard InChI is InChI=1S/C22H15F3N6O/c1-31(15-2-3-18-12(6-15)4-5-32-18)21-29-9-13(8-26)19(30-21)17-11-28-20-16(17)7-14(10-27-20)22(23,24)25/h2-3,6-7,9-11H,4-5H2,1H3,(H,27,28). The van der Waals surface area contributed by atoms with Crippen molar-refractivity contribution in [3.63, 3.8) is 0 Å². The first-order chi connectivity index (χ1) is 15.3. The third kappa shape index (κ3) is 3.28. The Morgan fingerprint density at radius 2 is 2.03 bits per heavy atom. The Kier molecular flexibility index (Phi) is 4.48. The minimum Gasteiger partial charge on any atom is -0.493 e. The van der Waals surface area contributed by atoms with Gasteiger partial charge in [0.15, 0.2) is 0 Å². The van der Waals surface area contributed by atoms with Crippen molar-refractivity contribution in [2.45, 2.75) is 12.6 Å². The van der Waals surface area contributed by atoms with E-state index in [9.17, 15) is 18.4 Å². The molecule has 1 N–H and O–H groups in total. The lowest BCUT2D eigenvalue weighted by molar-refractivity contribution is -0.137. The maximum Gasteiger partial charge on any atom is 0.417 e. The number of ether oxygens (including phenoxy) is 1. The first-order valence-electron chi connectivity index (χ1n) is 9.66. The van der Waals surface area contributed by atoms with Gasteiger partial charge in [-0.05, 0) is 29.8 Å². The Hall–Kier alpha value is -4.13. The van der Waals surface area contributed by atoms with Gasteiger partial charge in [-0.25, -0.2) is 15.0 Å². The average Bonchev–Trinajstić information content (AvgIpc) is 3.43. The fraction of sp³-hybridized carbons (Fsp3) is 0.182. The minimum absolute atomic E-state index is 0.141. The second-order valence-corrected chi connectivity index (χ2v) is 7.31. The quantitative estimate of drug-likeness (QED) is 0.504. The molecule has 160 valence electrons. The van der Waals surface area contributed by atoms with Crippen molar-refractivity contribution in [2.75, 3.05) is 18.6 Å². The zero-order valence-electron chi connectivity index (χ0n) is 16.7. The highest BCUT2D eigenvalue weighted by Gasteiger charge is 2.31. The summed E-state index contributed by atoms with van der Waals surface area (Å²) in [5.74, 6) is 1.14. The van der Waals surface area contributed by atoms with Crippen LogP contribution in [0.5, 0.6) is 5.75 Å². The van der Waals surface area contributed by atoms with Gasteiger partial charge in [-0.2, -0.15) is 18.4 Å². The molecule has 0 amide bonds. The number of nitrogens with zero attached hydrogens (tertiary/aromatic N) is 5. The Morgan fingerprint density at radius 3 is 2.81 bits per heavy atom. The van der Waals surface area contributed by atoms with Gasteiger partial charge >= 0.3 is 6.18 Å². The molecule has 0 bridgehead atoms. The number of aromatic nitrogens is 4. The van der Waals surface area contributed by atoms with Gasteiger partial charge in [-0.3, -0.25) is 0 Å². The topological polar surface area (TPSA) is 90.7 Å². The molecule has 0 saturated heterocycles. The van der Waals surface area contributed by atoms with Crippen LogP contribution in [-0.4, -0.2) is 33.6 Å². The Balaban J connectivity index is 1.61. The van der Waals surface area contributed by atoms with Crippen LogP contribution in [0.2, 0.25) is 0 Å². The highest BCUT2D eigenvalue weighted by Crippen LogP contribution is 2.36. The van der Waals surface area contributed by atoms with Crippen molar-refractivity contribution in [1.29, 1.82) is 5.26 Å². The third-order valence-corrected chi connectivity index (χ3v) is 5.37. The van der Waals surface area contributed by atoms with Crippen molar-refractivity contribution in [3.8, 4) is 23.1 Å². The fourth-order valence-corrected chi connectivity index (χ4v) is 3.67. The molecule has 4 aromatic rings. The van der Waals surface area contributed by atoms with Gasteiger partial charge in [0.05, 0.1) is 29.6 Å². The molecule has 3 aromatic heterocycles. The van der Waals surface area contributed by atoms with E-state index in [1.807, 2.05) is 24.3 Å². The molecule has 7 nitrogen and oxygen atoms in total. The lowest BCUT2D eigenvalue weighted by Gasteiger charge is -2.19. The molecule has 0 fully saturated rings. The molecule has 10 heteroatoms. The summed E-state index contributed by atoms with van der Waals surface area (Å²) in [6.45, 7) is 0.633. The van der Waals surface area contributed by atoms with Crippen LogP contribution >= 0.6 is 0 Å². The Morgan fingerprint density at radius 1 is 1.19 bits per heavy atom. The maximum atomic E-state index is 13.2. The van der Waals surface area contributed by atoms with Gasteiger partial charge < -0.3 is 14.6 Å². The van der Waals surface area contributed by atoms with Crippen LogP contribution in [0.15, 0.2) is 42.9 Å². The highest BCUT2D eigenvalue weighted by molar-refractivity contribution is 5.94. The van der Waals surface area contributed by atoms with E-state index in [-0.39, 0.29) is 22.3 Å². The van der Waals surface area contributed by atoms with Gasteiger partial charge in [0.25, 0.3) is 0 Å². The van der Waals surface area contributed by atoms with E-state index < -0.39 is 11.7 Å². The second-order valence-electron chi connectivity index (χ2n) is 7.31. The van der Waals surface area contributed by atoms with Gasteiger partial charge in [0.2, 0.25) is 5.95 Å². The van der Waals surface area contributed by atoms with Crippen LogP contribution in [0.1, 0.15) is 16.7 Å². The lowest BCUT2D eigenvalue weighted by atomic mass is 10.1. The second kappa shape index (κ2) is 7.23. The van der Waals surface area contributed by atoms with E-state index in [0.29, 0.717) is 18.1 Å². The molecule has 1 aliphatic rings. The predicted octanol–water partition coefficient (Wildman–Crippen LogP) is 4.61. The van der Waals surface area contributed by atoms with E-state index in [2.05, 4.69) is 19.9 Å². The molecule has 32 heavy (non-hydrogen) atoms. The van der Waals surface area contributed by atoms with Gasteiger partial charge in [0, 0.05) is 42.5 Å². The third-order valence-electron chi connectivity index (χ3n) is 5.37. The molecule has 0 spiro atoms. The summed E-state index contributed by atoms with van der Waals surface area (Å²) < 4.78 is 45.2. The first-order valence-corrected chi connectivity index (χ1v) is 9.66. The normalized spacial score (nSPS) is 13.0. The van der Waals surface area contributed by atoms with E-state index in [1.165, 1.54) is 12.4 Å². The number of hydrogen-bond donors (Lipinski definition) is 1. The van der Waals surface area contributed by atoms with Crippen molar-refractivity contribution >= 4 is 22.7 Å². The number of anilines is 2. The predicted molar refractivity (Wildman–Crippen MR) is 111 cm³/mol. The lowest BCUT2D eigenvalue weighted by Crippen LogP contribution is -2.14. The summed E-state index contributed by atoms with van der Waals surface area (Å²) in [5, 5.41) is 9.78. The van der Waals surface area contributed by atoms with Crippen molar-refractivity contribution in [2.24, 2.45) is 0 Å². The molecule has 0 radical (unpaired) electrons. The molecule has 5 rings (SSSR count). The highest BCUT2D eigenvalue weighted by atomic mass is 19.4. The van der Waals surface area contributed by atoms with Crippen molar-refractivity contribution < 1.29 is 17.9 Å². The van der Waals surface area contributed by atoms with E-state index in [4.69, 9.17) is 4.74 Å². The summed E-state index contributed by atoms with van der Waals surface area (Å²) in [6.07, 6.45) is -0.102. The number of aromatic amines is 1. The maximum absolute atomic E-state index is 13.2. The molecule has 0 aliphatic carbocycles. The van der Waals surface area contributed by atoms with E-state index >= 15 is 0 Å². The summed E-state index contributed by atoms with van der Waals surface area (Å²) in [6, 6.07) is 8.75. The molecule has 4 heterocycles. The molecular weight excluding hydrogens is 421 g/mol. The van der Waals surface area contributed by atoms with E-state index in [1.54, 1.807) is 11.9 Å². The number of alkyl halides is 3. The minimum atomic E-state index is -4.54. The number of nitrogens with one attached hydrogen (secondary N) is 1. The summed E-state index contributed by atoms with van der Waals surface area (Å²) in [7, 11) is 1.78. The number of hydrogen-bond acceptors (Lipinski definition) is 6. The van der Waals surface area contributed by atoms with Gasteiger partial charge in [0.1, 0.15) is 17.5 Å². The molecule has 0 unspecified atom stereocenters. The summed E-state index contributed by atoms with van der Waals surface area (Å²) in [5.41, 5.74) is 1.99. The number of pyridine rings is 1. The largest absolute Gasteiger partial charge is 0.493 e. The van der Waals surface area contributed by atoms with Crippen molar-refractivity contribution in [1.82, 2.24) is 19.9 Å². The van der Waals surface area contributed by atoms with Crippen LogP contribution in [0.4, 0.5) is 24.8 Å².